The molecule has 0 saturated carbocycles. The first kappa shape index (κ1) is 14.3. The van der Waals surface area contributed by atoms with Gasteiger partial charge in [-0.1, -0.05) is 23.8 Å². The van der Waals surface area contributed by atoms with Gasteiger partial charge >= 0.3 is 0 Å². The average molecular weight is 271 g/mol. The fourth-order valence-corrected chi connectivity index (χ4v) is 2.11. The summed E-state index contributed by atoms with van der Waals surface area (Å²) in [6.07, 6.45) is 0. The lowest BCUT2D eigenvalue weighted by molar-refractivity contribution is 0.354. The van der Waals surface area contributed by atoms with Gasteiger partial charge < -0.3 is 14.8 Å². The maximum atomic E-state index is 5.34. The van der Waals surface area contributed by atoms with Gasteiger partial charge in [-0.05, 0) is 43.7 Å². The molecule has 2 rings (SSSR count). The summed E-state index contributed by atoms with van der Waals surface area (Å²) in [6, 6.07) is 14.6. The molecule has 0 heterocycles. The summed E-state index contributed by atoms with van der Waals surface area (Å²) < 4.78 is 10.6. The molecule has 0 aliphatic heterocycles. The van der Waals surface area contributed by atoms with Crippen LogP contribution in [0.3, 0.4) is 0 Å². The predicted molar refractivity (Wildman–Crippen MR) is 82.8 cm³/mol. The van der Waals surface area contributed by atoms with Crippen LogP contribution in [0, 0.1) is 6.92 Å². The van der Waals surface area contributed by atoms with Crippen molar-refractivity contribution in [2.75, 3.05) is 19.5 Å². The van der Waals surface area contributed by atoms with Crippen molar-refractivity contribution in [1.29, 1.82) is 0 Å². The number of methoxy groups -OCH3 is 2. The highest BCUT2D eigenvalue weighted by Gasteiger charge is 2.10. The third-order valence-electron chi connectivity index (χ3n) is 3.34. The molecule has 2 aromatic carbocycles. The molecule has 3 heteroatoms. The van der Waals surface area contributed by atoms with Crippen molar-refractivity contribution in [3.8, 4) is 11.5 Å². The highest BCUT2D eigenvalue weighted by molar-refractivity contribution is 5.49. The molecule has 20 heavy (non-hydrogen) atoms. The van der Waals surface area contributed by atoms with Gasteiger partial charge in [-0.25, -0.2) is 0 Å². The zero-order valence-electron chi connectivity index (χ0n) is 12.4. The van der Waals surface area contributed by atoms with Gasteiger partial charge in [0.2, 0.25) is 0 Å². The van der Waals surface area contributed by atoms with Crippen LogP contribution in [0.1, 0.15) is 24.1 Å². The number of nitrogens with one attached hydrogen (secondary N) is 1. The first-order valence-corrected chi connectivity index (χ1v) is 6.69. The van der Waals surface area contributed by atoms with Crippen molar-refractivity contribution in [3.05, 3.63) is 53.6 Å². The van der Waals surface area contributed by atoms with Crippen LogP contribution in [0.5, 0.6) is 11.5 Å². The third kappa shape index (κ3) is 3.23. The van der Waals surface area contributed by atoms with Crippen LogP contribution in [-0.4, -0.2) is 14.2 Å². The fourth-order valence-electron chi connectivity index (χ4n) is 2.11. The van der Waals surface area contributed by atoms with Crippen molar-refractivity contribution in [2.45, 2.75) is 19.9 Å². The van der Waals surface area contributed by atoms with Crippen LogP contribution < -0.4 is 14.8 Å². The molecule has 1 atom stereocenters. The van der Waals surface area contributed by atoms with E-state index in [0.717, 1.165) is 22.7 Å². The largest absolute Gasteiger partial charge is 0.493 e. The predicted octanol–water partition coefficient (Wildman–Crippen LogP) is 4.19. The van der Waals surface area contributed by atoms with Crippen LogP contribution in [-0.2, 0) is 0 Å². The van der Waals surface area contributed by atoms with E-state index >= 15 is 0 Å². The average Bonchev–Trinajstić information content (AvgIpc) is 2.48. The second kappa shape index (κ2) is 6.33. The Morgan fingerprint density at radius 2 is 1.55 bits per heavy atom. The summed E-state index contributed by atoms with van der Waals surface area (Å²) in [5.74, 6) is 1.50. The van der Waals surface area contributed by atoms with Crippen LogP contribution >= 0.6 is 0 Å². The lowest BCUT2D eigenvalue weighted by atomic mass is 10.1. The standard InChI is InChI=1S/C17H21NO2/c1-12-5-8-15(9-6-12)18-13(2)14-7-10-16(19-3)17(11-14)20-4/h5-11,13,18H,1-4H3. The zero-order valence-corrected chi connectivity index (χ0v) is 12.4. The van der Waals surface area contributed by atoms with E-state index in [1.54, 1.807) is 14.2 Å². The molecule has 0 aliphatic carbocycles. The molecule has 0 spiro atoms. The van der Waals surface area contributed by atoms with Crippen LogP contribution in [0.25, 0.3) is 0 Å². The zero-order chi connectivity index (χ0) is 14.5. The minimum absolute atomic E-state index is 0.192. The van der Waals surface area contributed by atoms with Crippen LogP contribution in [0.15, 0.2) is 42.5 Å². The molecule has 0 amide bonds. The van der Waals surface area contributed by atoms with E-state index in [2.05, 4.69) is 43.4 Å². The second-order valence-corrected chi connectivity index (χ2v) is 4.85. The number of hydrogen-bond donors (Lipinski definition) is 1. The minimum Gasteiger partial charge on any atom is -0.493 e. The van der Waals surface area contributed by atoms with Crippen LogP contribution in [0.2, 0.25) is 0 Å². The lowest BCUT2D eigenvalue weighted by Crippen LogP contribution is -2.07. The summed E-state index contributed by atoms with van der Waals surface area (Å²) in [5.41, 5.74) is 3.52. The van der Waals surface area contributed by atoms with Crippen molar-refractivity contribution < 1.29 is 9.47 Å². The smallest absolute Gasteiger partial charge is 0.161 e. The quantitative estimate of drug-likeness (QED) is 0.884. The maximum absolute atomic E-state index is 5.34. The summed E-state index contributed by atoms with van der Waals surface area (Å²) in [7, 11) is 3.30. The molecule has 1 N–H and O–H groups in total. The Kier molecular flexibility index (Phi) is 4.51. The van der Waals surface area contributed by atoms with Gasteiger partial charge in [0.15, 0.2) is 11.5 Å². The molecule has 106 valence electrons. The van der Waals surface area contributed by atoms with Gasteiger partial charge in [-0.2, -0.15) is 0 Å². The number of hydrogen-bond acceptors (Lipinski definition) is 3. The molecule has 0 aromatic heterocycles. The number of anilines is 1. The number of benzene rings is 2. The van der Waals surface area contributed by atoms with Crippen molar-refractivity contribution in [3.63, 3.8) is 0 Å². The van der Waals surface area contributed by atoms with Crippen molar-refractivity contribution >= 4 is 5.69 Å². The first-order chi connectivity index (χ1) is 9.63. The van der Waals surface area contributed by atoms with Crippen molar-refractivity contribution in [2.24, 2.45) is 0 Å². The first-order valence-electron chi connectivity index (χ1n) is 6.69. The molecule has 0 saturated heterocycles. The Morgan fingerprint density at radius 3 is 2.15 bits per heavy atom. The Bertz CT molecular complexity index is 564. The highest BCUT2D eigenvalue weighted by atomic mass is 16.5. The van der Waals surface area contributed by atoms with E-state index in [-0.39, 0.29) is 6.04 Å². The number of ether oxygens (including phenoxy) is 2. The van der Waals surface area contributed by atoms with Crippen LogP contribution in [0.4, 0.5) is 5.69 Å². The van der Waals surface area contributed by atoms with Gasteiger partial charge in [0.1, 0.15) is 0 Å². The maximum Gasteiger partial charge on any atom is 0.161 e. The van der Waals surface area contributed by atoms with E-state index in [1.165, 1.54) is 5.56 Å². The molecule has 0 bridgehead atoms. The van der Waals surface area contributed by atoms with E-state index < -0.39 is 0 Å². The molecule has 1 unspecified atom stereocenters. The lowest BCUT2D eigenvalue weighted by Gasteiger charge is -2.17. The van der Waals surface area contributed by atoms with Gasteiger partial charge in [0, 0.05) is 11.7 Å². The van der Waals surface area contributed by atoms with E-state index in [0.29, 0.717) is 0 Å². The van der Waals surface area contributed by atoms with E-state index in [9.17, 15) is 0 Å². The highest BCUT2D eigenvalue weighted by Crippen LogP contribution is 2.31. The monoisotopic (exact) mass is 271 g/mol. The molecular weight excluding hydrogens is 250 g/mol. The van der Waals surface area contributed by atoms with Gasteiger partial charge in [-0.15, -0.1) is 0 Å². The van der Waals surface area contributed by atoms with E-state index in [1.807, 2.05) is 18.2 Å². The molecule has 0 radical (unpaired) electrons. The number of aryl methyl sites for hydroxylation is 1. The molecule has 0 aliphatic rings. The molecule has 3 nitrogen and oxygen atoms in total. The summed E-state index contributed by atoms with van der Waals surface area (Å²) >= 11 is 0. The molecule has 0 fully saturated rings. The summed E-state index contributed by atoms with van der Waals surface area (Å²) in [4.78, 5) is 0. The fraction of sp³-hybridized carbons (Fsp3) is 0.294. The van der Waals surface area contributed by atoms with Gasteiger partial charge in [-0.3, -0.25) is 0 Å². The van der Waals surface area contributed by atoms with Gasteiger partial charge in [0.25, 0.3) is 0 Å². The summed E-state index contributed by atoms with van der Waals surface area (Å²) in [5, 5.41) is 3.48. The van der Waals surface area contributed by atoms with Crippen molar-refractivity contribution in [1.82, 2.24) is 0 Å². The number of rotatable bonds is 5. The van der Waals surface area contributed by atoms with Gasteiger partial charge in [0.05, 0.1) is 14.2 Å². The Hall–Kier alpha value is -2.16. The molecule has 2 aromatic rings. The SMILES string of the molecule is COc1ccc(C(C)Nc2ccc(C)cc2)cc1OC. The Labute approximate surface area is 120 Å². The third-order valence-corrected chi connectivity index (χ3v) is 3.34. The molecular formula is C17H21NO2. The van der Waals surface area contributed by atoms with E-state index in [4.69, 9.17) is 9.47 Å². The topological polar surface area (TPSA) is 30.5 Å². The minimum atomic E-state index is 0.192. The summed E-state index contributed by atoms with van der Waals surface area (Å²) in [6.45, 7) is 4.21. The second-order valence-electron chi connectivity index (χ2n) is 4.85. The Morgan fingerprint density at radius 1 is 0.900 bits per heavy atom. The normalized spacial score (nSPS) is 11.8. The Balaban J connectivity index is 2.16.